The average Bonchev–Trinajstić information content (AvgIpc) is 3.04. The van der Waals surface area contributed by atoms with Gasteiger partial charge in [-0.05, 0) is 30.3 Å². The van der Waals surface area contributed by atoms with Crippen LogP contribution in [0.1, 0.15) is 0 Å². The lowest BCUT2D eigenvalue weighted by molar-refractivity contribution is 0.0393. The molecule has 2 aliphatic rings. The Bertz CT molecular complexity index is 1420. The minimum atomic E-state index is 0.767. The summed E-state index contributed by atoms with van der Waals surface area (Å²) in [6.07, 6.45) is 0. The first-order chi connectivity index (χ1) is 19.7. The van der Waals surface area contributed by atoms with Crippen LogP contribution in [0.15, 0.2) is 72.8 Å². The molecule has 8 heteroatoms. The van der Waals surface area contributed by atoms with Gasteiger partial charge in [-0.15, -0.1) is 0 Å². The molecule has 0 radical (unpaired) electrons. The third-order valence-electron chi connectivity index (χ3n) is 7.99. The molecule has 2 saturated heterocycles. The van der Waals surface area contributed by atoms with Gasteiger partial charge >= 0.3 is 0 Å². The maximum Gasteiger partial charge on any atom is 0.162 e. The molecule has 0 unspecified atom stereocenters. The fraction of sp³-hybridized carbons (Fsp3) is 0.375. The van der Waals surface area contributed by atoms with Crippen LogP contribution in [0.4, 0.5) is 17.2 Å². The van der Waals surface area contributed by atoms with Crippen LogP contribution in [-0.4, -0.2) is 94.6 Å². The molecule has 3 aromatic carbocycles. The Kier molecular flexibility index (Phi) is 7.97. The van der Waals surface area contributed by atoms with Crippen LogP contribution in [0.25, 0.3) is 22.3 Å². The number of anilines is 3. The molecular formula is C32H38N6O2. The second-order valence-electron chi connectivity index (χ2n) is 10.5. The molecule has 8 nitrogen and oxygen atoms in total. The van der Waals surface area contributed by atoms with Gasteiger partial charge in [-0.2, -0.15) is 0 Å². The number of fused-ring (bicyclic) bond motifs is 1. The molecule has 2 aliphatic heterocycles. The molecule has 3 heterocycles. The fourth-order valence-electron chi connectivity index (χ4n) is 5.59. The van der Waals surface area contributed by atoms with Crippen LogP contribution in [-0.2, 0) is 4.74 Å². The normalized spacial score (nSPS) is 16.4. The summed E-state index contributed by atoms with van der Waals surface area (Å²) in [5.74, 6) is 2.69. The van der Waals surface area contributed by atoms with Gasteiger partial charge in [0.25, 0.3) is 0 Å². The first-order valence-electron chi connectivity index (χ1n) is 14.2. The maximum absolute atomic E-state index is 5.64. The second kappa shape index (κ2) is 12.1. The van der Waals surface area contributed by atoms with E-state index in [1.807, 2.05) is 30.3 Å². The Labute approximate surface area is 236 Å². The highest BCUT2D eigenvalue weighted by molar-refractivity contribution is 5.93. The summed E-state index contributed by atoms with van der Waals surface area (Å²) in [7, 11) is 3.91. The molecule has 0 spiro atoms. The molecule has 1 aromatic heterocycles. The zero-order valence-electron chi connectivity index (χ0n) is 23.5. The van der Waals surface area contributed by atoms with E-state index in [-0.39, 0.29) is 0 Å². The van der Waals surface area contributed by atoms with Gasteiger partial charge in [0.2, 0.25) is 0 Å². The number of nitrogens with zero attached hydrogens (tertiary/aromatic N) is 6. The fourth-order valence-corrected chi connectivity index (χ4v) is 5.59. The van der Waals surface area contributed by atoms with Crippen LogP contribution < -0.4 is 19.4 Å². The van der Waals surface area contributed by atoms with Gasteiger partial charge in [0, 0.05) is 76.0 Å². The zero-order valence-corrected chi connectivity index (χ0v) is 23.5. The van der Waals surface area contributed by atoms with Crippen molar-refractivity contribution in [2.45, 2.75) is 0 Å². The lowest BCUT2D eigenvalue weighted by atomic mass is 10.1. The lowest BCUT2D eigenvalue weighted by Gasteiger charge is -2.37. The van der Waals surface area contributed by atoms with E-state index in [4.69, 9.17) is 19.4 Å². The molecule has 0 N–H and O–H groups in total. The van der Waals surface area contributed by atoms with Gasteiger partial charge < -0.3 is 24.2 Å². The van der Waals surface area contributed by atoms with Crippen molar-refractivity contribution in [2.24, 2.45) is 0 Å². The van der Waals surface area contributed by atoms with Gasteiger partial charge in [-0.25, -0.2) is 9.97 Å². The number of methoxy groups -OCH3 is 1. The molecule has 4 aromatic rings. The van der Waals surface area contributed by atoms with Crippen molar-refractivity contribution in [1.82, 2.24) is 14.9 Å². The Hall–Kier alpha value is -3.88. The number of para-hydroxylation sites is 2. The van der Waals surface area contributed by atoms with Crippen LogP contribution in [0, 0.1) is 0 Å². The summed E-state index contributed by atoms with van der Waals surface area (Å²) in [6.45, 7) is 9.19. The standard InChI is InChI=1S/C32H38N6O2/c1-35(14-15-36-20-22-40-23-21-36)26-12-13-28-27(24-26)32(34-31(33-28)25-8-4-3-5-9-25)38-18-16-37(17-19-38)29-10-6-7-11-30(29)39-2/h3-13,24H,14-23H2,1-2H3. The minimum absolute atomic E-state index is 0.767. The van der Waals surface area contributed by atoms with Gasteiger partial charge in [0.1, 0.15) is 11.6 Å². The van der Waals surface area contributed by atoms with E-state index in [0.717, 1.165) is 105 Å². The van der Waals surface area contributed by atoms with Crippen LogP contribution in [0.5, 0.6) is 5.75 Å². The van der Waals surface area contributed by atoms with E-state index in [9.17, 15) is 0 Å². The zero-order chi connectivity index (χ0) is 27.3. The maximum atomic E-state index is 5.64. The number of piperazine rings is 1. The van der Waals surface area contributed by atoms with E-state index in [1.165, 1.54) is 5.69 Å². The smallest absolute Gasteiger partial charge is 0.162 e. The monoisotopic (exact) mass is 538 g/mol. The number of likely N-dealkylation sites (N-methyl/N-ethyl adjacent to an activating group) is 1. The van der Waals surface area contributed by atoms with E-state index in [0.29, 0.717) is 0 Å². The number of hydrogen-bond donors (Lipinski definition) is 0. The number of aromatic nitrogens is 2. The first-order valence-corrected chi connectivity index (χ1v) is 14.2. The summed E-state index contributed by atoms with van der Waals surface area (Å²) in [4.78, 5) is 19.8. The molecule has 6 rings (SSSR count). The molecule has 0 amide bonds. The Balaban J connectivity index is 1.29. The lowest BCUT2D eigenvalue weighted by Crippen LogP contribution is -2.47. The van der Waals surface area contributed by atoms with Crippen molar-refractivity contribution in [1.29, 1.82) is 0 Å². The van der Waals surface area contributed by atoms with Crippen molar-refractivity contribution in [3.05, 3.63) is 72.8 Å². The van der Waals surface area contributed by atoms with E-state index in [1.54, 1.807) is 7.11 Å². The summed E-state index contributed by atoms with van der Waals surface area (Å²) in [5, 5.41) is 1.10. The number of rotatable bonds is 8. The van der Waals surface area contributed by atoms with E-state index in [2.05, 4.69) is 69.1 Å². The minimum Gasteiger partial charge on any atom is -0.495 e. The van der Waals surface area contributed by atoms with Crippen LogP contribution in [0.2, 0.25) is 0 Å². The van der Waals surface area contributed by atoms with Gasteiger partial charge in [0.05, 0.1) is 31.5 Å². The molecule has 0 bridgehead atoms. The summed E-state index contributed by atoms with van der Waals surface area (Å²) < 4.78 is 11.1. The molecule has 208 valence electrons. The van der Waals surface area contributed by atoms with Gasteiger partial charge in [-0.1, -0.05) is 42.5 Å². The Morgan fingerprint density at radius 1 is 0.825 bits per heavy atom. The number of morpholine rings is 1. The third-order valence-corrected chi connectivity index (χ3v) is 7.99. The average molecular weight is 539 g/mol. The van der Waals surface area contributed by atoms with Crippen molar-refractivity contribution >= 4 is 28.1 Å². The highest BCUT2D eigenvalue weighted by Gasteiger charge is 2.23. The number of ether oxygens (including phenoxy) is 2. The van der Waals surface area contributed by atoms with E-state index < -0.39 is 0 Å². The highest BCUT2D eigenvalue weighted by atomic mass is 16.5. The van der Waals surface area contributed by atoms with Crippen molar-refractivity contribution < 1.29 is 9.47 Å². The topological polar surface area (TPSA) is 57.2 Å². The van der Waals surface area contributed by atoms with Gasteiger partial charge in [0.15, 0.2) is 5.82 Å². The number of benzene rings is 3. The predicted octanol–water partition coefficient (Wildman–Crippen LogP) is 4.40. The second-order valence-corrected chi connectivity index (χ2v) is 10.5. The summed E-state index contributed by atoms with van der Waals surface area (Å²) in [6, 6.07) is 25.2. The number of hydrogen-bond acceptors (Lipinski definition) is 8. The Morgan fingerprint density at radius 2 is 1.55 bits per heavy atom. The first kappa shape index (κ1) is 26.3. The molecule has 0 atom stereocenters. The van der Waals surface area contributed by atoms with Crippen molar-refractivity contribution in [3.63, 3.8) is 0 Å². The quantitative estimate of drug-likeness (QED) is 0.327. The Morgan fingerprint density at radius 3 is 2.33 bits per heavy atom. The molecule has 40 heavy (non-hydrogen) atoms. The third kappa shape index (κ3) is 5.69. The molecule has 0 aliphatic carbocycles. The van der Waals surface area contributed by atoms with Crippen molar-refractivity contribution in [3.8, 4) is 17.1 Å². The van der Waals surface area contributed by atoms with Crippen LogP contribution in [0.3, 0.4) is 0 Å². The molecule has 2 fully saturated rings. The SMILES string of the molecule is COc1ccccc1N1CCN(c2nc(-c3ccccc3)nc3ccc(N(C)CCN4CCOCC4)cc23)CC1. The van der Waals surface area contributed by atoms with Gasteiger partial charge in [-0.3, -0.25) is 4.90 Å². The van der Waals surface area contributed by atoms with Crippen LogP contribution >= 0.6 is 0 Å². The highest BCUT2D eigenvalue weighted by Crippen LogP contribution is 2.33. The van der Waals surface area contributed by atoms with E-state index >= 15 is 0 Å². The van der Waals surface area contributed by atoms with Crippen molar-refractivity contribution in [2.75, 3.05) is 94.4 Å². The summed E-state index contributed by atoms with van der Waals surface area (Å²) >= 11 is 0. The molecule has 0 saturated carbocycles. The molecular weight excluding hydrogens is 500 g/mol. The predicted molar refractivity (Wildman–Crippen MR) is 163 cm³/mol. The summed E-state index contributed by atoms with van der Waals surface area (Å²) in [5.41, 5.74) is 4.34. The largest absolute Gasteiger partial charge is 0.495 e.